The van der Waals surface area contributed by atoms with E-state index >= 15 is 0 Å². The molecular weight excluding hydrogens is 212 g/mol. The predicted octanol–water partition coefficient (Wildman–Crippen LogP) is 1.36. The van der Waals surface area contributed by atoms with Crippen LogP contribution < -0.4 is 5.32 Å². The van der Waals surface area contributed by atoms with Crippen molar-refractivity contribution in [3.05, 3.63) is 35.4 Å². The number of nitrogens with one attached hydrogen (secondary N) is 1. The highest BCUT2D eigenvalue weighted by molar-refractivity contribution is 5.21. The summed E-state index contributed by atoms with van der Waals surface area (Å²) in [7, 11) is 2.20. The second-order valence-corrected chi connectivity index (χ2v) is 4.86. The molecule has 2 rings (SSSR count). The molecule has 0 aromatic heterocycles. The average molecular weight is 234 g/mol. The van der Waals surface area contributed by atoms with Gasteiger partial charge in [-0.3, -0.25) is 0 Å². The zero-order valence-corrected chi connectivity index (χ0v) is 10.5. The molecule has 1 aromatic carbocycles. The summed E-state index contributed by atoms with van der Waals surface area (Å²) in [5, 5.41) is 12.4. The van der Waals surface area contributed by atoms with E-state index in [2.05, 4.69) is 29.4 Å². The molecule has 0 spiro atoms. The third-order valence-electron chi connectivity index (χ3n) is 3.35. The summed E-state index contributed by atoms with van der Waals surface area (Å²) in [4.78, 5) is 2.43. The summed E-state index contributed by atoms with van der Waals surface area (Å²) in [6, 6.07) is 8.95. The largest absolute Gasteiger partial charge is 0.392 e. The van der Waals surface area contributed by atoms with Crippen molar-refractivity contribution in [1.29, 1.82) is 0 Å². The van der Waals surface area contributed by atoms with E-state index in [1.807, 2.05) is 12.1 Å². The molecule has 0 radical (unpaired) electrons. The normalized spacial score (nSPS) is 15.5. The predicted molar refractivity (Wildman–Crippen MR) is 69.7 cm³/mol. The van der Waals surface area contributed by atoms with Crippen LogP contribution in [0, 0.1) is 0 Å². The van der Waals surface area contributed by atoms with Crippen LogP contribution in [0.4, 0.5) is 0 Å². The van der Waals surface area contributed by atoms with Gasteiger partial charge in [-0.2, -0.15) is 0 Å². The van der Waals surface area contributed by atoms with Gasteiger partial charge in [-0.05, 0) is 31.0 Å². The van der Waals surface area contributed by atoms with Gasteiger partial charge in [-0.1, -0.05) is 24.3 Å². The zero-order chi connectivity index (χ0) is 12.1. The van der Waals surface area contributed by atoms with Gasteiger partial charge < -0.3 is 15.3 Å². The summed E-state index contributed by atoms with van der Waals surface area (Å²) in [6.07, 6.45) is 2.75. The Bertz CT molecular complexity index is 333. The monoisotopic (exact) mass is 234 g/mol. The van der Waals surface area contributed by atoms with Crippen molar-refractivity contribution in [2.75, 3.05) is 20.1 Å². The summed E-state index contributed by atoms with van der Waals surface area (Å²) < 4.78 is 0. The van der Waals surface area contributed by atoms with Gasteiger partial charge in [0.25, 0.3) is 0 Å². The van der Waals surface area contributed by atoms with E-state index in [-0.39, 0.29) is 6.61 Å². The van der Waals surface area contributed by atoms with Gasteiger partial charge in [0.1, 0.15) is 0 Å². The van der Waals surface area contributed by atoms with Crippen molar-refractivity contribution in [1.82, 2.24) is 10.2 Å². The Morgan fingerprint density at radius 2 is 1.88 bits per heavy atom. The molecule has 3 heteroatoms. The molecule has 1 saturated carbocycles. The molecule has 3 nitrogen and oxygen atoms in total. The smallest absolute Gasteiger partial charge is 0.0681 e. The van der Waals surface area contributed by atoms with Crippen LogP contribution in [0.5, 0.6) is 0 Å². The van der Waals surface area contributed by atoms with Gasteiger partial charge in [0.2, 0.25) is 0 Å². The highest BCUT2D eigenvalue weighted by atomic mass is 16.3. The van der Waals surface area contributed by atoms with Crippen LogP contribution in [-0.4, -0.2) is 36.2 Å². The van der Waals surface area contributed by atoms with Crippen LogP contribution >= 0.6 is 0 Å². The van der Waals surface area contributed by atoms with Crippen LogP contribution in [-0.2, 0) is 13.2 Å². The van der Waals surface area contributed by atoms with Gasteiger partial charge in [-0.15, -0.1) is 0 Å². The maximum atomic E-state index is 8.94. The van der Waals surface area contributed by atoms with Crippen LogP contribution in [0.15, 0.2) is 24.3 Å². The van der Waals surface area contributed by atoms with Crippen molar-refractivity contribution in [3.63, 3.8) is 0 Å². The van der Waals surface area contributed by atoms with Crippen molar-refractivity contribution >= 4 is 0 Å². The molecule has 0 aliphatic heterocycles. The molecule has 1 aromatic rings. The number of aliphatic hydroxyl groups is 1. The maximum Gasteiger partial charge on any atom is 0.0681 e. The lowest BCUT2D eigenvalue weighted by Gasteiger charge is -2.15. The lowest BCUT2D eigenvalue weighted by atomic mass is 10.1. The molecule has 0 heterocycles. The molecule has 1 fully saturated rings. The second-order valence-electron chi connectivity index (χ2n) is 4.86. The number of rotatable bonds is 7. The molecule has 1 aliphatic rings. The molecule has 1 aliphatic carbocycles. The van der Waals surface area contributed by atoms with Gasteiger partial charge in [0.05, 0.1) is 6.61 Å². The number of likely N-dealkylation sites (N-methyl/N-ethyl adjacent to an activating group) is 1. The van der Waals surface area contributed by atoms with E-state index in [1.54, 1.807) is 0 Å². The Hall–Kier alpha value is -0.900. The zero-order valence-electron chi connectivity index (χ0n) is 10.5. The van der Waals surface area contributed by atoms with E-state index in [9.17, 15) is 0 Å². The molecule has 17 heavy (non-hydrogen) atoms. The fourth-order valence-corrected chi connectivity index (χ4v) is 1.95. The fourth-order valence-electron chi connectivity index (χ4n) is 1.95. The molecule has 2 N–H and O–H groups in total. The fraction of sp³-hybridized carbons (Fsp3) is 0.571. The first-order valence-corrected chi connectivity index (χ1v) is 6.39. The van der Waals surface area contributed by atoms with E-state index in [0.717, 1.165) is 31.2 Å². The SMILES string of the molecule is CN(CCNCc1ccc(CO)cc1)C1CC1. The van der Waals surface area contributed by atoms with Crippen molar-refractivity contribution in [3.8, 4) is 0 Å². The van der Waals surface area contributed by atoms with Gasteiger partial charge >= 0.3 is 0 Å². The maximum absolute atomic E-state index is 8.94. The summed E-state index contributed by atoms with van der Waals surface area (Å²) >= 11 is 0. The lowest BCUT2D eigenvalue weighted by Crippen LogP contribution is -2.30. The Morgan fingerprint density at radius 1 is 1.24 bits per heavy atom. The highest BCUT2D eigenvalue weighted by Crippen LogP contribution is 2.24. The Labute approximate surface area is 103 Å². The van der Waals surface area contributed by atoms with Crippen LogP contribution in [0.2, 0.25) is 0 Å². The summed E-state index contributed by atoms with van der Waals surface area (Å²) in [6.45, 7) is 3.19. The minimum absolute atomic E-state index is 0.125. The van der Waals surface area contributed by atoms with Crippen LogP contribution in [0.1, 0.15) is 24.0 Å². The Kier molecular flexibility index (Phi) is 4.54. The van der Waals surface area contributed by atoms with E-state index in [1.165, 1.54) is 18.4 Å². The topological polar surface area (TPSA) is 35.5 Å². The summed E-state index contributed by atoms with van der Waals surface area (Å²) in [5.41, 5.74) is 2.25. The van der Waals surface area contributed by atoms with Crippen molar-refractivity contribution in [2.24, 2.45) is 0 Å². The quantitative estimate of drug-likeness (QED) is 0.699. The molecule has 0 unspecified atom stereocenters. The van der Waals surface area contributed by atoms with E-state index in [0.29, 0.717) is 0 Å². The third-order valence-corrected chi connectivity index (χ3v) is 3.35. The highest BCUT2D eigenvalue weighted by Gasteiger charge is 2.25. The first kappa shape index (κ1) is 12.6. The molecule has 0 amide bonds. The molecule has 0 saturated heterocycles. The minimum Gasteiger partial charge on any atom is -0.392 e. The molecule has 0 bridgehead atoms. The Balaban J connectivity index is 1.63. The van der Waals surface area contributed by atoms with Gasteiger partial charge in [0, 0.05) is 25.7 Å². The molecule has 0 atom stereocenters. The molecule has 94 valence electrons. The number of hydrogen-bond acceptors (Lipinski definition) is 3. The number of benzene rings is 1. The second kappa shape index (κ2) is 6.15. The van der Waals surface area contributed by atoms with Crippen LogP contribution in [0.25, 0.3) is 0 Å². The van der Waals surface area contributed by atoms with E-state index < -0.39 is 0 Å². The Morgan fingerprint density at radius 3 is 2.47 bits per heavy atom. The third kappa shape index (κ3) is 4.11. The van der Waals surface area contributed by atoms with E-state index in [4.69, 9.17) is 5.11 Å². The standard InChI is InChI=1S/C14H22N2O/c1-16(14-6-7-14)9-8-15-10-12-2-4-13(11-17)5-3-12/h2-5,14-15,17H,6-11H2,1H3. The number of aliphatic hydroxyl groups excluding tert-OH is 1. The number of hydrogen-bond donors (Lipinski definition) is 2. The first-order valence-electron chi connectivity index (χ1n) is 6.39. The van der Waals surface area contributed by atoms with Crippen molar-refractivity contribution in [2.45, 2.75) is 32.0 Å². The van der Waals surface area contributed by atoms with Crippen LogP contribution in [0.3, 0.4) is 0 Å². The average Bonchev–Trinajstić information content (AvgIpc) is 3.19. The van der Waals surface area contributed by atoms with Crippen molar-refractivity contribution < 1.29 is 5.11 Å². The number of nitrogens with zero attached hydrogens (tertiary/aromatic N) is 1. The summed E-state index contributed by atoms with van der Waals surface area (Å²) in [5.74, 6) is 0. The molecular formula is C14H22N2O. The lowest BCUT2D eigenvalue weighted by molar-refractivity contribution is 0.282. The first-order chi connectivity index (χ1) is 8.29. The minimum atomic E-state index is 0.125. The van der Waals surface area contributed by atoms with Gasteiger partial charge in [0.15, 0.2) is 0 Å². The van der Waals surface area contributed by atoms with Gasteiger partial charge in [-0.25, -0.2) is 0 Å².